The Hall–Kier alpha value is -5.26. The first kappa shape index (κ1) is 77.5. The van der Waals surface area contributed by atoms with E-state index in [4.69, 9.17) is 46.9 Å². The van der Waals surface area contributed by atoms with Crippen LogP contribution in [-0.2, 0) is 57.9 Å². The molecule has 0 radical (unpaired) electrons. The largest absolute Gasteiger partial charge is 0.490 e. The average molecular weight is 1530 g/mol. The van der Waals surface area contributed by atoms with Crippen LogP contribution in [0.15, 0.2) is 97.1 Å². The van der Waals surface area contributed by atoms with E-state index in [2.05, 4.69) is 117 Å². The molecule has 18 nitrogen and oxygen atoms in total. The lowest BCUT2D eigenvalue weighted by molar-refractivity contribution is -0.254. The minimum Gasteiger partial charge on any atom is -0.490 e. The summed E-state index contributed by atoms with van der Waals surface area (Å²) in [5, 5.41) is -0.305. The van der Waals surface area contributed by atoms with Crippen LogP contribution in [0.3, 0.4) is 0 Å². The molecule has 4 bridgehead atoms. The van der Waals surface area contributed by atoms with Crippen molar-refractivity contribution in [3.05, 3.63) is 141 Å². The molecule has 2 amide bonds. The number of hydrogen-bond donors (Lipinski definition) is 2. The number of ether oxygens (including phenoxy) is 5. The fourth-order valence-electron chi connectivity index (χ4n) is 20.4. The number of fused-ring (bicyclic) bond motifs is 8. The van der Waals surface area contributed by atoms with Gasteiger partial charge in [0.15, 0.2) is 0 Å². The number of rotatable bonds is 13. The van der Waals surface area contributed by atoms with Crippen LogP contribution in [-0.4, -0.2) is 189 Å². The number of carbonyl (C=O) groups excluding carboxylic acids is 2. The number of amides is 2. The van der Waals surface area contributed by atoms with E-state index in [-0.39, 0.29) is 69.7 Å². The molecule has 4 aromatic rings. The lowest BCUT2D eigenvalue weighted by Crippen LogP contribution is -2.65. The fraction of sp³-hybridized carbons (Fsp3) is 0.643. The predicted molar refractivity (Wildman–Crippen MR) is 421 cm³/mol. The first-order valence-electron chi connectivity index (χ1n) is 39.7. The summed E-state index contributed by atoms with van der Waals surface area (Å²) in [6.07, 6.45) is 21.9. The van der Waals surface area contributed by atoms with Crippen LogP contribution in [0.1, 0.15) is 175 Å². The standard InChI is InChI=1S/C84H115Cl2N7O11S2/c1-11-90(39-33-57(5)89(8)9)51-83(100-10)35-13-16-55(3)58(6)105(96,97)88-79(95)63-23-32-76-74(45-63)93(48-64-20-26-70(64)83)50-82(54-102-76)69-30-25-67(86)43-61(69)19-28-72(82)77-46-81(104-77)37-40-91(41-38-81)52-84(103-12-2)36-14-17-56(4)59(7)106(98,99)87-78(94)62-22-31-75-73(44-62)92(47-65-21-27-71(65)84)49-80(53-101-75)34-15-18-60-42-66(85)24-29-68(60)80/h13-14,22-25,29-32,35-36,42-45,55-59,64-65,70-72,77H,11-12,15-21,26-28,33-34,37-41,46-54H2,1-10H3,(H,87,94)(H,88,95)/b35-13+,36-14+/t55-,56-,57?,58+,59+,64-,65-,70+,71+,72?,77?,80-,82+,83+,84-/m0/s1. The number of halogens is 2. The van der Waals surface area contributed by atoms with Gasteiger partial charge in [0, 0.05) is 111 Å². The maximum atomic E-state index is 14.4. The van der Waals surface area contributed by atoms with Gasteiger partial charge in [-0.2, -0.15) is 0 Å². The topological polar surface area (TPSA) is 189 Å². The van der Waals surface area contributed by atoms with E-state index in [1.807, 2.05) is 57.4 Å². The van der Waals surface area contributed by atoms with Crippen molar-refractivity contribution in [2.45, 2.75) is 195 Å². The van der Waals surface area contributed by atoms with Gasteiger partial charge in [-0.1, -0.05) is 80.4 Å². The zero-order chi connectivity index (χ0) is 74.9. The number of nitrogens with one attached hydrogen (secondary N) is 2. The number of benzene rings is 4. The number of aryl methyl sites for hydroxylation is 2. The number of piperidine rings is 1. The molecule has 0 aromatic heterocycles. The zero-order valence-corrected chi connectivity index (χ0v) is 67.3. The molecule has 2 N–H and O–H groups in total. The molecule has 15 atom stereocenters. The molecule has 10 aliphatic rings. The van der Waals surface area contributed by atoms with Gasteiger partial charge >= 0.3 is 0 Å². The molecule has 2 saturated carbocycles. The van der Waals surface area contributed by atoms with Gasteiger partial charge in [0.1, 0.15) is 29.3 Å². The smallest absolute Gasteiger partial charge is 0.264 e. The molecule has 578 valence electrons. The summed E-state index contributed by atoms with van der Waals surface area (Å²) in [5.74, 6) is 0.160. The van der Waals surface area contributed by atoms with E-state index in [1.54, 1.807) is 26.0 Å². The van der Waals surface area contributed by atoms with Crippen molar-refractivity contribution in [2.24, 2.45) is 41.4 Å². The highest BCUT2D eigenvalue weighted by atomic mass is 35.5. The number of nitrogens with zero attached hydrogens (tertiary/aromatic N) is 5. The van der Waals surface area contributed by atoms with Gasteiger partial charge in [-0.3, -0.25) is 14.5 Å². The Morgan fingerprint density at radius 1 is 0.670 bits per heavy atom. The van der Waals surface area contributed by atoms with Gasteiger partial charge in [-0.15, -0.1) is 0 Å². The van der Waals surface area contributed by atoms with Crippen molar-refractivity contribution in [2.75, 3.05) is 116 Å². The van der Waals surface area contributed by atoms with Gasteiger partial charge < -0.3 is 43.3 Å². The fourth-order valence-corrected chi connectivity index (χ4v) is 23.4. The number of likely N-dealkylation sites (tertiary alicyclic amines) is 1. The van der Waals surface area contributed by atoms with E-state index < -0.39 is 59.0 Å². The molecule has 4 fully saturated rings. The van der Waals surface area contributed by atoms with Crippen LogP contribution in [0.5, 0.6) is 11.5 Å². The van der Waals surface area contributed by atoms with Crippen molar-refractivity contribution >= 4 is 66.4 Å². The molecule has 14 rings (SSSR count). The van der Waals surface area contributed by atoms with Gasteiger partial charge in [0.25, 0.3) is 11.8 Å². The zero-order valence-electron chi connectivity index (χ0n) is 64.2. The summed E-state index contributed by atoms with van der Waals surface area (Å²) in [6, 6.07) is 23.9. The Balaban J connectivity index is 0.751. The van der Waals surface area contributed by atoms with Crippen LogP contribution in [0, 0.1) is 41.4 Å². The SMILES string of the molecule is CCO[C@]1(CN2CCC3(CC2)CC(C2CCc4cc(Cl)ccc4[C@@]24COc2ccc5cc2N(C[C@@H]2CC[C@H]2[C@@](CN(CC)CCC(C)N(C)C)(OC)/C=C/C[C@H](C)[C@@H](C)S(=O)(=O)NC5=O)C4)O3)/C=C/C[C@H](C)[C@@H](C)S(=O)(=O)NC(=O)c2ccc3c(c2)N(C[C@@H]2CC[C@H]21)C[C@@]1(CCCc2cc(Cl)ccc21)CO3. The van der Waals surface area contributed by atoms with E-state index in [1.165, 1.54) is 22.3 Å². The van der Waals surface area contributed by atoms with Crippen molar-refractivity contribution in [1.82, 2.24) is 24.1 Å². The average Bonchev–Trinajstić information content (AvgIpc) is 1.12. The van der Waals surface area contributed by atoms with Crippen LogP contribution >= 0.6 is 23.2 Å². The van der Waals surface area contributed by atoms with E-state index >= 15 is 0 Å². The molecule has 3 unspecified atom stereocenters. The molecule has 22 heteroatoms. The number of sulfonamides is 2. The molecule has 3 spiro atoms. The minimum absolute atomic E-state index is 0.0453. The van der Waals surface area contributed by atoms with Gasteiger partial charge in [-0.25, -0.2) is 26.3 Å². The summed E-state index contributed by atoms with van der Waals surface area (Å²) in [7, 11) is -2.05. The summed E-state index contributed by atoms with van der Waals surface area (Å²) in [4.78, 5) is 40.9. The molecule has 4 aromatic carbocycles. The molecular weight excluding hydrogens is 1420 g/mol. The molecule has 6 heterocycles. The van der Waals surface area contributed by atoms with Gasteiger partial charge in [0.2, 0.25) is 20.0 Å². The quantitative estimate of drug-likeness (QED) is 0.120. The molecule has 2 saturated heterocycles. The van der Waals surface area contributed by atoms with E-state index in [9.17, 15) is 26.4 Å². The Labute approximate surface area is 641 Å². The van der Waals surface area contributed by atoms with Crippen LogP contribution in [0.25, 0.3) is 0 Å². The maximum absolute atomic E-state index is 14.4. The Morgan fingerprint density at radius 2 is 1.23 bits per heavy atom. The summed E-state index contributed by atoms with van der Waals surface area (Å²) < 4.78 is 97.8. The maximum Gasteiger partial charge on any atom is 0.264 e. The number of hydrogen-bond acceptors (Lipinski definition) is 16. The van der Waals surface area contributed by atoms with Crippen molar-refractivity contribution in [3.8, 4) is 11.5 Å². The van der Waals surface area contributed by atoms with Crippen LogP contribution in [0.2, 0.25) is 10.0 Å². The summed E-state index contributed by atoms with van der Waals surface area (Å²) in [6.45, 7) is 22.6. The lowest BCUT2D eigenvalue weighted by Gasteiger charge is -2.59. The number of likely N-dealkylation sites (N-methyl/N-ethyl adjacent to an activating group) is 1. The number of anilines is 2. The van der Waals surface area contributed by atoms with Crippen molar-refractivity contribution in [3.63, 3.8) is 0 Å². The second-order valence-corrected chi connectivity index (χ2v) is 39.0. The molecule has 106 heavy (non-hydrogen) atoms. The minimum atomic E-state index is -4.10. The Kier molecular flexibility index (Phi) is 22.5. The summed E-state index contributed by atoms with van der Waals surface area (Å²) >= 11 is 13.6. The molecule has 4 aliphatic carbocycles. The molecular formula is C84H115Cl2N7O11S2. The second kappa shape index (κ2) is 30.8. The predicted octanol–water partition coefficient (Wildman–Crippen LogP) is 13.5. The Morgan fingerprint density at radius 3 is 1.78 bits per heavy atom. The number of allylic oxidation sites excluding steroid dienone is 2. The third kappa shape index (κ3) is 15.0. The highest BCUT2D eigenvalue weighted by molar-refractivity contribution is 7.91. The van der Waals surface area contributed by atoms with Crippen molar-refractivity contribution < 1.29 is 50.1 Å². The first-order chi connectivity index (χ1) is 50.6. The second-order valence-electron chi connectivity index (χ2n) is 34.1. The van der Waals surface area contributed by atoms with E-state index in [0.717, 1.165) is 126 Å². The van der Waals surface area contributed by atoms with Crippen LogP contribution in [0.4, 0.5) is 11.4 Å². The third-order valence-electron chi connectivity index (χ3n) is 27.8. The summed E-state index contributed by atoms with van der Waals surface area (Å²) in [5.41, 5.74) is 4.38. The third-order valence-corrected chi connectivity index (χ3v) is 32.1. The Bertz CT molecular complexity index is 4200. The van der Waals surface area contributed by atoms with Gasteiger partial charge in [0.05, 0.1) is 45.6 Å². The number of carbonyl (C=O) groups is 2. The number of methoxy groups -OCH3 is 1. The highest BCUT2D eigenvalue weighted by Gasteiger charge is 2.60. The lowest BCUT2D eigenvalue weighted by atomic mass is 9.58. The van der Waals surface area contributed by atoms with Crippen molar-refractivity contribution in [1.29, 1.82) is 0 Å². The normalized spacial score (nSPS) is 34.4. The highest BCUT2D eigenvalue weighted by Crippen LogP contribution is 2.57. The van der Waals surface area contributed by atoms with Gasteiger partial charge in [-0.05, 0) is 263 Å². The monoisotopic (exact) mass is 1530 g/mol. The van der Waals surface area contributed by atoms with E-state index in [0.29, 0.717) is 94.5 Å². The molecule has 6 aliphatic heterocycles. The first-order valence-corrected chi connectivity index (χ1v) is 43.6. The van der Waals surface area contributed by atoms with Crippen LogP contribution < -0.4 is 28.7 Å².